The normalized spacial score (nSPS) is 11.1. The molecule has 0 amide bonds. The molecule has 0 aromatic heterocycles. The quantitative estimate of drug-likeness (QED) is 0.427. The van der Waals surface area contributed by atoms with Crippen LogP contribution in [0.15, 0.2) is 18.2 Å². The Kier molecular flexibility index (Phi) is 5.35. The molecule has 1 aromatic rings. The number of carbonyl (C=O) groups is 1. The molecule has 0 aliphatic carbocycles. The van der Waals surface area contributed by atoms with Gasteiger partial charge in [0.05, 0.1) is 23.0 Å². The van der Waals surface area contributed by atoms with Crippen LogP contribution in [0.25, 0.3) is 0 Å². The number of halogens is 1. The second-order valence-corrected chi connectivity index (χ2v) is 6.01. The number of hydrogen-bond acceptors (Lipinski definition) is 6. The van der Waals surface area contributed by atoms with Gasteiger partial charge in [0.25, 0.3) is 0 Å². The zero-order valence-corrected chi connectivity index (χ0v) is 12.4. The summed E-state index contributed by atoms with van der Waals surface area (Å²) in [5.74, 6) is -1.14. The number of methoxy groups -OCH3 is 1. The highest BCUT2D eigenvalue weighted by Gasteiger charge is 2.14. The molecule has 1 rings (SSSR count). The van der Waals surface area contributed by atoms with Crippen molar-refractivity contribution in [2.45, 2.75) is 0 Å². The highest BCUT2D eigenvalue weighted by molar-refractivity contribution is 14.1. The molecule has 0 aliphatic heterocycles. The molecule has 18 heavy (non-hydrogen) atoms. The topological polar surface area (TPSA) is 92.7 Å². The Hall–Kier alpha value is -0.870. The van der Waals surface area contributed by atoms with E-state index in [1.165, 1.54) is 13.2 Å². The molecule has 0 heterocycles. The Labute approximate surface area is 118 Å². The number of hydrogen-bond donors (Lipinski definition) is 0. The lowest BCUT2D eigenvalue weighted by Gasteiger charge is -2.10. The van der Waals surface area contributed by atoms with Crippen LogP contribution in [0.1, 0.15) is 10.4 Å². The van der Waals surface area contributed by atoms with Crippen LogP contribution in [0.5, 0.6) is 5.75 Å². The zero-order chi connectivity index (χ0) is 13.8. The third-order valence-corrected chi connectivity index (χ3v) is 3.29. The number of carbonyl (C=O) groups excluding carboxylic acids is 1. The van der Waals surface area contributed by atoms with Gasteiger partial charge in [-0.05, 0) is 40.8 Å². The molecule has 1 aromatic carbocycles. The SMILES string of the molecule is COc1cc(I)ccc1C(=O)OCCS(=O)(=O)[O-]. The molecule has 0 bridgehead atoms. The molecule has 0 atom stereocenters. The first-order valence-corrected chi connectivity index (χ1v) is 7.43. The third-order valence-electron chi connectivity index (χ3n) is 1.95. The lowest BCUT2D eigenvalue weighted by molar-refractivity contribution is 0.0524. The minimum absolute atomic E-state index is 0.182. The van der Waals surface area contributed by atoms with Crippen LogP contribution in [-0.4, -0.2) is 38.4 Å². The van der Waals surface area contributed by atoms with Crippen molar-refractivity contribution in [3.05, 3.63) is 27.3 Å². The first-order chi connectivity index (χ1) is 8.33. The van der Waals surface area contributed by atoms with Gasteiger partial charge in [-0.25, -0.2) is 13.2 Å². The van der Waals surface area contributed by atoms with Crippen molar-refractivity contribution in [3.8, 4) is 5.75 Å². The first kappa shape index (κ1) is 15.2. The van der Waals surface area contributed by atoms with Crippen LogP contribution in [-0.2, 0) is 14.9 Å². The molecule has 0 saturated carbocycles. The van der Waals surface area contributed by atoms with Gasteiger partial charge in [-0.3, -0.25) is 0 Å². The minimum Gasteiger partial charge on any atom is -0.748 e. The summed E-state index contributed by atoms with van der Waals surface area (Å²) in [6.07, 6.45) is 0. The van der Waals surface area contributed by atoms with Gasteiger partial charge in [0.1, 0.15) is 17.9 Å². The first-order valence-electron chi connectivity index (χ1n) is 4.77. The maximum Gasteiger partial charge on any atom is 0.341 e. The number of ether oxygens (including phenoxy) is 2. The van der Waals surface area contributed by atoms with E-state index < -0.39 is 28.4 Å². The van der Waals surface area contributed by atoms with Crippen LogP contribution in [0, 0.1) is 3.57 Å². The fraction of sp³-hybridized carbons (Fsp3) is 0.300. The Morgan fingerprint density at radius 3 is 2.67 bits per heavy atom. The Balaban J connectivity index is 2.73. The summed E-state index contributed by atoms with van der Waals surface area (Å²) in [6, 6.07) is 4.83. The van der Waals surface area contributed by atoms with Gasteiger partial charge in [-0.1, -0.05) is 0 Å². The molecule has 100 valence electrons. The highest BCUT2D eigenvalue weighted by Crippen LogP contribution is 2.22. The Bertz CT molecular complexity index is 539. The molecule has 6 nitrogen and oxygen atoms in total. The average Bonchev–Trinajstić information content (AvgIpc) is 2.26. The van der Waals surface area contributed by atoms with Gasteiger partial charge in [-0.2, -0.15) is 0 Å². The van der Waals surface area contributed by atoms with Crippen molar-refractivity contribution in [1.29, 1.82) is 0 Å². The van der Waals surface area contributed by atoms with Gasteiger partial charge >= 0.3 is 5.97 Å². The summed E-state index contributed by atoms with van der Waals surface area (Å²) in [5.41, 5.74) is 0.182. The molecule has 0 fully saturated rings. The van der Waals surface area contributed by atoms with Crippen LogP contribution in [0.2, 0.25) is 0 Å². The summed E-state index contributed by atoms with van der Waals surface area (Å²) in [7, 11) is -2.98. The standard InChI is InChI=1S/C10H11IO6S/c1-16-9-6-7(11)2-3-8(9)10(12)17-4-5-18(13,14)15/h2-3,6H,4-5H2,1H3,(H,13,14,15)/p-1. The van der Waals surface area contributed by atoms with E-state index >= 15 is 0 Å². The van der Waals surface area contributed by atoms with Gasteiger partial charge in [-0.15, -0.1) is 0 Å². The van der Waals surface area contributed by atoms with Crippen LogP contribution < -0.4 is 4.74 Å². The van der Waals surface area contributed by atoms with Crippen molar-refractivity contribution >= 4 is 38.7 Å². The van der Waals surface area contributed by atoms with Crippen LogP contribution in [0.4, 0.5) is 0 Å². The summed E-state index contributed by atoms with van der Waals surface area (Å²) in [4.78, 5) is 11.6. The molecule has 0 N–H and O–H groups in total. The fourth-order valence-electron chi connectivity index (χ4n) is 1.15. The van der Waals surface area contributed by atoms with Crippen molar-refractivity contribution in [1.82, 2.24) is 0 Å². The number of benzene rings is 1. The van der Waals surface area contributed by atoms with Gasteiger partial charge in [0, 0.05) is 3.57 Å². The van der Waals surface area contributed by atoms with Crippen molar-refractivity contribution < 1.29 is 27.2 Å². The molecule has 0 aliphatic rings. The second-order valence-electron chi connectivity index (χ2n) is 3.24. The van der Waals surface area contributed by atoms with Crippen LogP contribution >= 0.6 is 22.6 Å². The largest absolute Gasteiger partial charge is 0.748 e. The number of esters is 1. The lowest BCUT2D eigenvalue weighted by atomic mass is 10.2. The van der Waals surface area contributed by atoms with E-state index in [0.29, 0.717) is 5.75 Å². The Morgan fingerprint density at radius 1 is 1.44 bits per heavy atom. The molecule has 8 heteroatoms. The highest BCUT2D eigenvalue weighted by atomic mass is 127. The lowest BCUT2D eigenvalue weighted by Crippen LogP contribution is -2.15. The second kappa shape index (κ2) is 6.34. The summed E-state index contributed by atoms with van der Waals surface area (Å²) in [6.45, 7) is -0.472. The van der Waals surface area contributed by atoms with Crippen molar-refractivity contribution in [2.24, 2.45) is 0 Å². The fourth-order valence-corrected chi connectivity index (χ4v) is 1.90. The Morgan fingerprint density at radius 2 is 2.11 bits per heavy atom. The van der Waals surface area contributed by atoms with E-state index in [9.17, 15) is 17.8 Å². The molecular formula is C10H10IO6S-. The van der Waals surface area contributed by atoms with E-state index in [2.05, 4.69) is 27.3 Å². The molecule has 0 saturated heterocycles. The summed E-state index contributed by atoms with van der Waals surface area (Å²) >= 11 is 2.06. The summed E-state index contributed by atoms with van der Waals surface area (Å²) in [5, 5.41) is 0. The third kappa shape index (κ3) is 4.78. The molecule has 0 spiro atoms. The van der Waals surface area contributed by atoms with Gasteiger partial charge in [0.15, 0.2) is 0 Å². The van der Waals surface area contributed by atoms with Crippen molar-refractivity contribution in [2.75, 3.05) is 19.5 Å². The average molecular weight is 385 g/mol. The van der Waals surface area contributed by atoms with E-state index in [-0.39, 0.29) is 5.56 Å². The van der Waals surface area contributed by atoms with Gasteiger partial charge in [0.2, 0.25) is 0 Å². The molecular weight excluding hydrogens is 375 g/mol. The van der Waals surface area contributed by atoms with Crippen LogP contribution in [0.3, 0.4) is 0 Å². The zero-order valence-electron chi connectivity index (χ0n) is 9.38. The molecule has 0 radical (unpaired) electrons. The van der Waals surface area contributed by atoms with Crippen molar-refractivity contribution in [3.63, 3.8) is 0 Å². The maximum absolute atomic E-state index is 11.6. The smallest absolute Gasteiger partial charge is 0.341 e. The number of rotatable bonds is 5. The summed E-state index contributed by atoms with van der Waals surface area (Å²) < 4.78 is 41.6. The van der Waals surface area contributed by atoms with Gasteiger partial charge < -0.3 is 14.0 Å². The van der Waals surface area contributed by atoms with E-state index in [1.807, 2.05) is 0 Å². The van der Waals surface area contributed by atoms with E-state index in [0.717, 1.165) is 3.57 Å². The monoisotopic (exact) mass is 385 g/mol. The minimum atomic E-state index is -4.38. The predicted octanol–water partition coefficient (Wildman–Crippen LogP) is 1.00. The maximum atomic E-state index is 11.6. The molecule has 0 unspecified atom stereocenters. The van der Waals surface area contributed by atoms with E-state index in [1.54, 1.807) is 12.1 Å². The van der Waals surface area contributed by atoms with E-state index in [4.69, 9.17) is 4.74 Å². The predicted molar refractivity (Wildman–Crippen MR) is 70.6 cm³/mol.